The van der Waals surface area contributed by atoms with Gasteiger partial charge in [0.15, 0.2) is 0 Å². The maximum atomic E-state index is 5.13. The molecule has 0 atom stereocenters. The van der Waals surface area contributed by atoms with Gasteiger partial charge in [-0.05, 0) is 48.8 Å². The molecule has 1 N–H and O–H groups in total. The molecule has 2 fully saturated rings. The van der Waals surface area contributed by atoms with Crippen LogP contribution in [0.3, 0.4) is 0 Å². The van der Waals surface area contributed by atoms with Crippen molar-refractivity contribution in [3.05, 3.63) is 34.3 Å². The van der Waals surface area contributed by atoms with Gasteiger partial charge < -0.3 is 10.1 Å². The summed E-state index contributed by atoms with van der Waals surface area (Å²) in [7, 11) is 1.76. The van der Waals surface area contributed by atoms with Gasteiger partial charge in [0.2, 0.25) is 0 Å². The SMILES string of the molecule is COCCNCC1(c2ccc(Br)cc2)CC2(CCC2)C1. The average molecular weight is 338 g/mol. The normalized spacial score (nSPS) is 22.3. The second-order valence-electron chi connectivity index (χ2n) is 6.66. The monoisotopic (exact) mass is 337 g/mol. The van der Waals surface area contributed by atoms with E-state index in [1.807, 2.05) is 0 Å². The first-order valence-electron chi connectivity index (χ1n) is 7.64. The minimum Gasteiger partial charge on any atom is -0.383 e. The Balaban J connectivity index is 1.69. The molecule has 2 nitrogen and oxygen atoms in total. The highest BCUT2D eigenvalue weighted by Crippen LogP contribution is 2.64. The van der Waals surface area contributed by atoms with Gasteiger partial charge in [-0.3, -0.25) is 0 Å². The van der Waals surface area contributed by atoms with E-state index < -0.39 is 0 Å². The molecule has 1 spiro atoms. The number of benzene rings is 1. The Bertz CT molecular complexity index is 445. The molecule has 2 saturated carbocycles. The van der Waals surface area contributed by atoms with Crippen LogP contribution in [-0.4, -0.2) is 26.8 Å². The van der Waals surface area contributed by atoms with Crippen molar-refractivity contribution in [2.45, 2.75) is 37.5 Å². The summed E-state index contributed by atoms with van der Waals surface area (Å²) >= 11 is 3.54. The van der Waals surface area contributed by atoms with Gasteiger partial charge in [0.25, 0.3) is 0 Å². The summed E-state index contributed by atoms with van der Waals surface area (Å²) in [6, 6.07) is 8.96. The zero-order chi connectivity index (χ0) is 14.1. The predicted octanol–water partition coefficient (Wildman–Crippen LogP) is 3.89. The van der Waals surface area contributed by atoms with Crippen LogP contribution in [0.1, 0.15) is 37.7 Å². The third-order valence-electron chi connectivity index (χ3n) is 5.24. The Morgan fingerprint density at radius 2 is 1.90 bits per heavy atom. The van der Waals surface area contributed by atoms with Gasteiger partial charge in [-0.25, -0.2) is 0 Å². The van der Waals surface area contributed by atoms with Gasteiger partial charge in [-0.1, -0.05) is 34.5 Å². The highest BCUT2D eigenvalue weighted by atomic mass is 79.9. The van der Waals surface area contributed by atoms with Crippen molar-refractivity contribution < 1.29 is 4.74 Å². The molecular weight excluding hydrogens is 314 g/mol. The van der Waals surface area contributed by atoms with Gasteiger partial charge in [0.05, 0.1) is 6.61 Å². The van der Waals surface area contributed by atoms with Gasteiger partial charge >= 0.3 is 0 Å². The molecule has 20 heavy (non-hydrogen) atoms. The first-order chi connectivity index (χ1) is 9.68. The van der Waals surface area contributed by atoms with Crippen molar-refractivity contribution in [1.82, 2.24) is 5.32 Å². The van der Waals surface area contributed by atoms with Crippen LogP contribution in [0.25, 0.3) is 0 Å². The van der Waals surface area contributed by atoms with Gasteiger partial charge in [0.1, 0.15) is 0 Å². The second-order valence-corrected chi connectivity index (χ2v) is 7.58. The van der Waals surface area contributed by atoms with Crippen molar-refractivity contribution in [3.8, 4) is 0 Å². The van der Waals surface area contributed by atoms with E-state index in [9.17, 15) is 0 Å². The van der Waals surface area contributed by atoms with Crippen molar-refractivity contribution in [1.29, 1.82) is 0 Å². The molecule has 0 bridgehead atoms. The maximum Gasteiger partial charge on any atom is 0.0587 e. The molecule has 1 aromatic carbocycles. The van der Waals surface area contributed by atoms with Crippen LogP contribution in [0.2, 0.25) is 0 Å². The fourth-order valence-corrected chi connectivity index (χ4v) is 4.42. The van der Waals surface area contributed by atoms with Crippen LogP contribution in [0.15, 0.2) is 28.7 Å². The van der Waals surface area contributed by atoms with E-state index in [2.05, 4.69) is 45.5 Å². The lowest BCUT2D eigenvalue weighted by Crippen LogP contribution is -2.57. The molecule has 0 amide bonds. The largest absolute Gasteiger partial charge is 0.383 e. The molecule has 2 aliphatic rings. The standard InChI is InChI=1S/C17H24BrNO/c1-20-10-9-19-13-17(11-16(12-17)7-2-8-16)14-3-5-15(18)6-4-14/h3-6,19H,2,7-13H2,1H3. The molecule has 0 aromatic heterocycles. The summed E-state index contributed by atoms with van der Waals surface area (Å²) in [5.41, 5.74) is 2.55. The van der Waals surface area contributed by atoms with Crippen LogP contribution < -0.4 is 5.32 Å². The van der Waals surface area contributed by atoms with Gasteiger partial charge in [-0.2, -0.15) is 0 Å². The first-order valence-corrected chi connectivity index (χ1v) is 8.43. The number of rotatable bonds is 6. The molecule has 0 saturated heterocycles. The molecule has 0 unspecified atom stereocenters. The molecule has 2 aliphatic carbocycles. The third kappa shape index (κ3) is 2.68. The lowest BCUT2D eigenvalue weighted by molar-refractivity contribution is -0.0485. The van der Waals surface area contributed by atoms with Crippen LogP contribution >= 0.6 is 15.9 Å². The van der Waals surface area contributed by atoms with Crippen LogP contribution in [0, 0.1) is 5.41 Å². The van der Waals surface area contributed by atoms with E-state index >= 15 is 0 Å². The molecule has 110 valence electrons. The Morgan fingerprint density at radius 3 is 2.45 bits per heavy atom. The van der Waals surface area contributed by atoms with E-state index in [0.29, 0.717) is 10.8 Å². The molecule has 3 rings (SSSR count). The van der Waals surface area contributed by atoms with Crippen LogP contribution in [0.4, 0.5) is 0 Å². The van der Waals surface area contributed by atoms with Crippen molar-refractivity contribution >= 4 is 15.9 Å². The summed E-state index contributed by atoms with van der Waals surface area (Å²) in [6.45, 7) is 2.82. The minimum absolute atomic E-state index is 0.356. The number of hydrogen-bond donors (Lipinski definition) is 1. The molecule has 0 heterocycles. The number of nitrogens with one attached hydrogen (secondary N) is 1. The number of methoxy groups -OCH3 is 1. The molecular formula is C17H24BrNO. The quantitative estimate of drug-likeness (QED) is 0.795. The van der Waals surface area contributed by atoms with Crippen molar-refractivity contribution in [2.24, 2.45) is 5.41 Å². The van der Waals surface area contributed by atoms with E-state index in [1.54, 1.807) is 7.11 Å². The van der Waals surface area contributed by atoms with Crippen molar-refractivity contribution in [3.63, 3.8) is 0 Å². The van der Waals surface area contributed by atoms with Crippen LogP contribution in [0.5, 0.6) is 0 Å². The summed E-state index contributed by atoms with van der Waals surface area (Å²) in [6.07, 6.45) is 7.06. The number of halogens is 1. The van der Waals surface area contributed by atoms with Crippen LogP contribution in [-0.2, 0) is 10.2 Å². The maximum absolute atomic E-state index is 5.13. The van der Waals surface area contributed by atoms with E-state index in [4.69, 9.17) is 4.74 Å². The second kappa shape index (κ2) is 5.78. The topological polar surface area (TPSA) is 21.3 Å². The average Bonchev–Trinajstić information content (AvgIpc) is 2.36. The van der Waals surface area contributed by atoms with Crippen molar-refractivity contribution in [2.75, 3.05) is 26.8 Å². The Kier molecular flexibility index (Phi) is 4.21. The highest BCUT2D eigenvalue weighted by molar-refractivity contribution is 9.10. The number of hydrogen-bond acceptors (Lipinski definition) is 2. The summed E-state index contributed by atoms with van der Waals surface area (Å²) in [5, 5.41) is 3.59. The molecule has 0 radical (unpaired) electrons. The minimum atomic E-state index is 0.356. The van der Waals surface area contributed by atoms with E-state index in [-0.39, 0.29) is 0 Å². The zero-order valence-electron chi connectivity index (χ0n) is 12.3. The summed E-state index contributed by atoms with van der Waals surface area (Å²) in [5.74, 6) is 0. The van der Waals surface area contributed by atoms with Gasteiger partial charge in [-0.15, -0.1) is 0 Å². The van der Waals surface area contributed by atoms with E-state index in [1.165, 1.54) is 42.1 Å². The fourth-order valence-electron chi connectivity index (χ4n) is 4.15. The fraction of sp³-hybridized carbons (Fsp3) is 0.647. The highest BCUT2D eigenvalue weighted by Gasteiger charge is 2.57. The van der Waals surface area contributed by atoms with Gasteiger partial charge in [0, 0.05) is 30.1 Å². The molecule has 0 aliphatic heterocycles. The Hall–Kier alpha value is -0.380. The summed E-state index contributed by atoms with van der Waals surface area (Å²) in [4.78, 5) is 0. The summed E-state index contributed by atoms with van der Waals surface area (Å²) < 4.78 is 6.30. The smallest absolute Gasteiger partial charge is 0.0587 e. The molecule has 1 aromatic rings. The predicted molar refractivity (Wildman–Crippen MR) is 86.1 cm³/mol. The number of ether oxygens (including phenoxy) is 1. The molecule has 3 heteroatoms. The van der Waals surface area contributed by atoms with E-state index in [0.717, 1.165) is 19.7 Å². The zero-order valence-corrected chi connectivity index (χ0v) is 13.8. The lowest BCUT2D eigenvalue weighted by Gasteiger charge is -2.61. The Morgan fingerprint density at radius 1 is 1.20 bits per heavy atom. The Labute approximate surface area is 130 Å². The third-order valence-corrected chi connectivity index (χ3v) is 5.77. The lowest BCUT2D eigenvalue weighted by atomic mass is 9.44. The first kappa shape index (κ1) is 14.6.